The lowest BCUT2D eigenvalue weighted by Crippen LogP contribution is -2.66. The van der Waals surface area contributed by atoms with Crippen LogP contribution in [0.25, 0.3) is 0 Å². The zero-order valence-corrected chi connectivity index (χ0v) is 16.4. The predicted octanol–water partition coefficient (Wildman–Crippen LogP) is 5.12. The fourth-order valence-corrected chi connectivity index (χ4v) is 7.13. The average Bonchev–Trinajstić information content (AvgIpc) is 2.40. The summed E-state index contributed by atoms with van der Waals surface area (Å²) in [5, 5.41) is 0. The number of carbonyl (C=O) groups is 1. The molecule has 0 bridgehead atoms. The molecule has 5 atom stereocenters. The Morgan fingerprint density at radius 1 is 1.26 bits per heavy atom. The summed E-state index contributed by atoms with van der Waals surface area (Å²) in [6, 6.07) is 0. The maximum Gasteiger partial charge on any atom is 0.184 e. The summed E-state index contributed by atoms with van der Waals surface area (Å²) in [4.78, 5) is 12.7. The quantitative estimate of drug-likeness (QED) is 0.518. The zero-order chi connectivity index (χ0) is 17.0. The molecule has 0 aromatic rings. The Kier molecular flexibility index (Phi) is 4.04. The molecule has 128 valence electrons. The van der Waals surface area contributed by atoms with Gasteiger partial charge in [-0.15, -0.1) is 0 Å². The Bertz CT molecular complexity index is 558. The molecule has 3 rings (SSSR count). The minimum atomic E-state index is -1.74. The van der Waals surface area contributed by atoms with Crippen molar-refractivity contribution in [3.63, 3.8) is 0 Å². The highest BCUT2D eigenvalue weighted by atomic mass is 28.4. The molecule has 0 saturated heterocycles. The van der Waals surface area contributed by atoms with Crippen LogP contribution >= 0.6 is 0 Å². The van der Waals surface area contributed by atoms with Crippen molar-refractivity contribution in [2.75, 3.05) is 0 Å². The predicted molar refractivity (Wildman–Crippen MR) is 97.8 cm³/mol. The van der Waals surface area contributed by atoms with Gasteiger partial charge < -0.3 is 4.43 Å². The summed E-state index contributed by atoms with van der Waals surface area (Å²) in [5.41, 5.74) is 0.983. The average molecular weight is 333 g/mol. The van der Waals surface area contributed by atoms with Crippen LogP contribution in [0, 0.1) is 23.2 Å². The lowest BCUT2D eigenvalue weighted by atomic mass is 9.46. The van der Waals surface area contributed by atoms with Gasteiger partial charge in [0.1, 0.15) is 0 Å². The molecule has 2 fully saturated rings. The van der Waals surface area contributed by atoms with Crippen molar-refractivity contribution < 1.29 is 9.22 Å². The van der Waals surface area contributed by atoms with Crippen LogP contribution < -0.4 is 0 Å². The van der Waals surface area contributed by atoms with Gasteiger partial charge in [-0.25, -0.2) is 0 Å². The van der Waals surface area contributed by atoms with Crippen molar-refractivity contribution >= 4 is 14.1 Å². The van der Waals surface area contributed by atoms with Crippen molar-refractivity contribution in [1.82, 2.24) is 0 Å². The normalized spacial score (nSPS) is 44.0. The van der Waals surface area contributed by atoms with E-state index in [9.17, 15) is 4.79 Å². The lowest BCUT2D eigenvalue weighted by molar-refractivity contribution is -0.173. The van der Waals surface area contributed by atoms with Crippen molar-refractivity contribution in [2.45, 2.75) is 71.2 Å². The lowest BCUT2D eigenvalue weighted by Gasteiger charge is -2.64. The number of rotatable bonds is 2. The van der Waals surface area contributed by atoms with Crippen LogP contribution in [0.2, 0.25) is 19.6 Å². The molecule has 0 aliphatic heterocycles. The maximum atomic E-state index is 12.7. The SMILES string of the molecule is C=C1C[C@@H]2C(=O)C=CC[C@@]2(C)[C@]2(O[Si](C)(C)C)C[C@H](C)CC[C@@H]12. The topological polar surface area (TPSA) is 26.3 Å². The second-order valence-electron chi connectivity index (χ2n) is 9.38. The van der Waals surface area contributed by atoms with Crippen molar-refractivity contribution in [3.8, 4) is 0 Å². The Morgan fingerprint density at radius 2 is 1.96 bits per heavy atom. The highest BCUT2D eigenvalue weighted by molar-refractivity contribution is 6.69. The third-order valence-corrected chi connectivity index (χ3v) is 7.49. The smallest absolute Gasteiger partial charge is 0.184 e. The molecular formula is C20H32O2Si. The van der Waals surface area contributed by atoms with E-state index in [2.05, 4.69) is 46.1 Å². The molecule has 0 aromatic carbocycles. The number of carbonyl (C=O) groups excluding carboxylic acids is 1. The van der Waals surface area contributed by atoms with Crippen LogP contribution in [0.1, 0.15) is 46.0 Å². The van der Waals surface area contributed by atoms with Gasteiger partial charge in [-0.05, 0) is 63.7 Å². The van der Waals surface area contributed by atoms with Crippen LogP contribution in [0.3, 0.4) is 0 Å². The highest BCUT2D eigenvalue weighted by Crippen LogP contribution is 2.63. The van der Waals surface area contributed by atoms with Gasteiger partial charge in [0.2, 0.25) is 0 Å². The molecule has 23 heavy (non-hydrogen) atoms. The third kappa shape index (κ3) is 2.60. The first-order valence-corrected chi connectivity index (χ1v) is 12.6. The van der Waals surface area contributed by atoms with Crippen LogP contribution in [-0.2, 0) is 9.22 Å². The monoisotopic (exact) mass is 332 g/mol. The number of allylic oxidation sites excluding steroid dienone is 2. The zero-order valence-electron chi connectivity index (χ0n) is 15.4. The summed E-state index contributed by atoms with van der Waals surface area (Å²) in [6.45, 7) is 16.0. The summed E-state index contributed by atoms with van der Waals surface area (Å²) >= 11 is 0. The first kappa shape index (κ1) is 17.2. The fraction of sp³-hybridized carbons (Fsp3) is 0.750. The van der Waals surface area contributed by atoms with Crippen molar-refractivity contribution in [2.24, 2.45) is 23.2 Å². The van der Waals surface area contributed by atoms with Gasteiger partial charge in [-0.1, -0.05) is 32.1 Å². The Morgan fingerprint density at radius 3 is 2.61 bits per heavy atom. The van der Waals surface area contributed by atoms with Gasteiger partial charge in [-0.2, -0.15) is 0 Å². The molecule has 0 amide bonds. The van der Waals surface area contributed by atoms with E-state index in [-0.39, 0.29) is 22.7 Å². The number of ketones is 1. The third-order valence-electron chi connectivity index (χ3n) is 6.51. The maximum absolute atomic E-state index is 12.7. The molecule has 3 aliphatic rings. The minimum absolute atomic E-state index is 0.0536. The standard InChI is InChI=1S/C20H32O2Si/c1-14-9-10-16-15(2)12-17-18(21)8-7-11-19(17,3)20(16,13-14)22-23(4,5)6/h7-8,14,16-17H,2,9-13H2,1,3-6H3/t14-,16+,17-,19-,20+/m1/s1. The van der Waals surface area contributed by atoms with Crippen molar-refractivity contribution in [3.05, 3.63) is 24.3 Å². The van der Waals surface area contributed by atoms with E-state index in [1.54, 1.807) is 6.08 Å². The number of hydrogen-bond acceptors (Lipinski definition) is 2. The summed E-state index contributed by atoms with van der Waals surface area (Å²) in [6.07, 6.45) is 9.22. The first-order chi connectivity index (χ1) is 10.6. The van der Waals surface area contributed by atoms with Gasteiger partial charge >= 0.3 is 0 Å². The molecule has 3 heteroatoms. The van der Waals surface area contributed by atoms with Gasteiger partial charge in [0.15, 0.2) is 14.1 Å². The van der Waals surface area contributed by atoms with E-state index in [1.165, 1.54) is 18.4 Å². The summed E-state index contributed by atoms with van der Waals surface area (Å²) < 4.78 is 7.02. The minimum Gasteiger partial charge on any atom is -0.411 e. The van der Waals surface area contributed by atoms with Crippen LogP contribution in [0.15, 0.2) is 24.3 Å². The second kappa shape index (κ2) is 5.42. The molecule has 2 nitrogen and oxygen atoms in total. The molecule has 0 spiro atoms. The van der Waals surface area contributed by atoms with Crippen LogP contribution in [0.4, 0.5) is 0 Å². The van der Waals surface area contributed by atoms with E-state index < -0.39 is 8.32 Å². The number of fused-ring (bicyclic) bond motifs is 3. The van der Waals surface area contributed by atoms with Gasteiger partial charge in [0, 0.05) is 17.3 Å². The summed E-state index contributed by atoms with van der Waals surface area (Å²) in [7, 11) is -1.74. The largest absolute Gasteiger partial charge is 0.411 e. The molecule has 0 heterocycles. The van der Waals surface area contributed by atoms with E-state index in [1.807, 2.05) is 0 Å². The highest BCUT2D eigenvalue weighted by Gasteiger charge is 2.64. The second-order valence-corrected chi connectivity index (χ2v) is 13.8. The number of hydrogen-bond donors (Lipinski definition) is 0. The molecule has 0 unspecified atom stereocenters. The Labute approximate surface area is 142 Å². The molecule has 2 saturated carbocycles. The van der Waals surface area contributed by atoms with E-state index in [0.29, 0.717) is 11.8 Å². The fourth-order valence-electron chi connectivity index (χ4n) is 5.58. The van der Waals surface area contributed by atoms with Crippen LogP contribution in [-0.4, -0.2) is 19.7 Å². The Hall–Kier alpha value is -0.673. The van der Waals surface area contributed by atoms with Gasteiger partial charge in [0.25, 0.3) is 0 Å². The molecular weight excluding hydrogens is 300 g/mol. The molecule has 3 aliphatic carbocycles. The molecule has 0 N–H and O–H groups in total. The van der Waals surface area contributed by atoms with Crippen LogP contribution in [0.5, 0.6) is 0 Å². The van der Waals surface area contributed by atoms with Gasteiger partial charge in [0.05, 0.1) is 5.60 Å². The van der Waals surface area contributed by atoms with Gasteiger partial charge in [-0.3, -0.25) is 4.79 Å². The molecule has 0 aromatic heterocycles. The van der Waals surface area contributed by atoms with E-state index in [4.69, 9.17) is 4.43 Å². The summed E-state index contributed by atoms with van der Waals surface area (Å²) in [5.74, 6) is 1.42. The molecule has 0 radical (unpaired) electrons. The van der Waals surface area contributed by atoms with Crippen molar-refractivity contribution in [1.29, 1.82) is 0 Å². The first-order valence-electron chi connectivity index (χ1n) is 9.17. The van der Waals surface area contributed by atoms with E-state index >= 15 is 0 Å². The van der Waals surface area contributed by atoms with E-state index in [0.717, 1.165) is 19.3 Å². The Balaban J connectivity index is 2.15.